The Morgan fingerprint density at radius 1 is 1.47 bits per heavy atom. The smallest absolute Gasteiger partial charge is 0.232 e. The fourth-order valence-corrected chi connectivity index (χ4v) is 2.25. The summed E-state index contributed by atoms with van der Waals surface area (Å²) in [4.78, 5) is 14.2. The molecule has 1 atom stereocenters. The molecule has 5 heteroatoms. The van der Waals surface area contributed by atoms with Crippen LogP contribution in [0.25, 0.3) is 0 Å². The number of aliphatic hydroxyl groups is 1. The molecule has 0 aliphatic rings. The van der Waals surface area contributed by atoms with Gasteiger partial charge in [-0.2, -0.15) is 0 Å². The van der Waals surface area contributed by atoms with Crippen LogP contribution in [0, 0.1) is 0 Å². The Bertz CT molecular complexity index is 367. The third kappa shape index (κ3) is 5.44. The molecule has 17 heavy (non-hydrogen) atoms. The SMILES string of the molecule is CC(O)CN(C)C(=O)CSc1ccc(Cl)cc1. The molecule has 1 unspecified atom stereocenters. The average molecular weight is 274 g/mol. The number of carbonyl (C=O) groups is 1. The number of nitrogens with zero attached hydrogens (tertiary/aromatic N) is 1. The fourth-order valence-electron chi connectivity index (χ4n) is 1.28. The fraction of sp³-hybridized carbons (Fsp3) is 0.417. The molecule has 1 aromatic rings. The highest BCUT2D eigenvalue weighted by molar-refractivity contribution is 8.00. The van der Waals surface area contributed by atoms with Crippen LogP contribution in [0.15, 0.2) is 29.2 Å². The lowest BCUT2D eigenvalue weighted by Gasteiger charge is -2.18. The Labute approximate surface area is 111 Å². The summed E-state index contributed by atoms with van der Waals surface area (Å²) in [5, 5.41) is 9.86. The van der Waals surface area contributed by atoms with E-state index in [1.54, 1.807) is 26.1 Å². The van der Waals surface area contributed by atoms with Crippen LogP contribution in [-0.2, 0) is 4.79 Å². The maximum absolute atomic E-state index is 11.7. The minimum absolute atomic E-state index is 0.00542. The highest BCUT2D eigenvalue weighted by Gasteiger charge is 2.11. The summed E-state index contributed by atoms with van der Waals surface area (Å²) in [6.45, 7) is 2.02. The van der Waals surface area contributed by atoms with E-state index in [0.29, 0.717) is 17.3 Å². The maximum Gasteiger partial charge on any atom is 0.232 e. The third-order valence-corrected chi connectivity index (χ3v) is 3.39. The van der Waals surface area contributed by atoms with Gasteiger partial charge in [-0.05, 0) is 31.2 Å². The summed E-state index contributed by atoms with van der Waals surface area (Å²) in [6, 6.07) is 7.37. The van der Waals surface area contributed by atoms with E-state index >= 15 is 0 Å². The quantitative estimate of drug-likeness (QED) is 0.837. The summed E-state index contributed by atoms with van der Waals surface area (Å²) in [5.41, 5.74) is 0. The lowest BCUT2D eigenvalue weighted by molar-refractivity contribution is -0.128. The van der Waals surface area contributed by atoms with E-state index in [2.05, 4.69) is 0 Å². The molecule has 3 nitrogen and oxygen atoms in total. The molecule has 0 aliphatic carbocycles. The van der Waals surface area contributed by atoms with E-state index in [-0.39, 0.29) is 5.91 Å². The second-order valence-electron chi connectivity index (χ2n) is 3.87. The molecule has 0 saturated carbocycles. The number of hydrogen-bond donors (Lipinski definition) is 1. The first-order valence-corrected chi connectivity index (χ1v) is 6.66. The number of rotatable bonds is 5. The molecule has 0 radical (unpaired) electrons. The third-order valence-electron chi connectivity index (χ3n) is 2.14. The van der Waals surface area contributed by atoms with Crippen LogP contribution in [0.3, 0.4) is 0 Å². The Morgan fingerprint density at radius 2 is 2.06 bits per heavy atom. The van der Waals surface area contributed by atoms with Gasteiger partial charge in [0, 0.05) is 23.5 Å². The highest BCUT2D eigenvalue weighted by atomic mass is 35.5. The van der Waals surface area contributed by atoms with Crippen molar-refractivity contribution < 1.29 is 9.90 Å². The van der Waals surface area contributed by atoms with Crippen LogP contribution in [0.5, 0.6) is 0 Å². The summed E-state index contributed by atoms with van der Waals surface area (Å²) in [5.74, 6) is 0.371. The van der Waals surface area contributed by atoms with Crippen LogP contribution in [0.4, 0.5) is 0 Å². The number of aliphatic hydroxyl groups excluding tert-OH is 1. The van der Waals surface area contributed by atoms with Gasteiger partial charge < -0.3 is 10.0 Å². The van der Waals surface area contributed by atoms with E-state index < -0.39 is 6.10 Å². The van der Waals surface area contributed by atoms with Crippen molar-refractivity contribution in [3.8, 4) is 0 Å². The normalized spacial score (nSPS) is 12.2. The number of amides is 1. The van der Waals surface area contributed by atoms with Crippen molar-refractivity contribution in [3.05, 3.63) is 29.3 Å². The number of benzene rings is 1. The molecule has 0 aliphatic heterocycles. The van der Waals surface area contributed by atoms with Gasteiger partial charge in [0.05, 0.1) is 11.9 Å². The first kappa shape index (κ1) is 14.4. The predicted octanol–water partition coefficient (Wildman–Crippen LogP) is 2.27. The second kappa shape index (κ2) is 6.89. The van der Waals surface area contributed by atoms with Crippen LogP contribution in [0.1, 0.15) is 6.92 Å². The molecule has 0 saturated heterocycles. The predicted molar refractivity (Wildman–Crippen MR) is 71.5 cm³/mol. The second-order valence-corrected chi connectivity index (χ2v) is 5.35. The number of halogens is 1. The van der Waals surface area contributed by atoms with Gasteiger partial charge in [-0.3, -0.25) is 4.79 Å². The molecule has 94 valence electrons. The molecule has 1 N–H and O–H groups in total. The number of thioether (sulfide) groups is 1. The Hall–Kier alpha value is -0.710. The van der Waals surface area contributed by atoms with Gasteiger partial charge in [0.1, 0.15) is 0 Å². The van der Waals surface area contributed by atoms with Crippen molar-refractivity contribution in [2.45, 2.75) is 17.9 Å². The lowest BCUT2D eigenvalue weighted by Crippen LogP contribution is -2.34. The first-order chi connectivity index (χ1) is 7.99. The Balaban J connectivity index is 2.40. The zero-order valence-electron chi connectivity index (χ0n) is 9.89. The molecular weight excluding hydrogens is 258 g/mol. The van der Waals surface area contributed by atoms with Crippen molar-refractivity contribution in [3.63, 3.8) is 0 Å². The molecule has 0 spiro atoms. The van der Waals surface area contributed by atoms with Gasteiger partial charge in [-0.25, -0.2) is 0 Å². The van der Waals surface area contributed by atoms with Crippen molar-refractivity contribution >= 4 is 29.3 Å². The molecule has 0 aromatic heterocycles. The topological polar surface area (TPSA) is 40.5 Å². The van der Waals surface area contributed by atoms with Crippen LogP contribution in [0.2, 0.25) is 5.02 Å². The van der Waals surface area contributed by atoms with Crippen LogP contribution < -0.4 is 0 Å². The molecule has 1 amide bonds. The maximum atomic E-state index is 11.7. The highest BCUT2D eigenvalue weighted by Crippen LogP contribution is 2.20. The van der Waals surface area contributed by atoms with Crippen molar-refractivity contribution in [1.29, 1.82) is 0 Å². The van der Waals surface area contributed by atoms with E-state index in [1.807, 2.05) is 12.1 Å². The van der Waals surface area contributed by atoms with Crippen LogP contribution in [-0.4, -0.2) is 41.4 Å². The number of carbonyl (C=O) groups excluding carboxylic acids is 1. The zero-order chi connectivity index (χ0) is 12.8. The molecular formula is C12H16ClNO2S. The summed E-state index contributed by atoms with van der Waals surface area (Å²) >= 11 is 7.23. The summed E-state index contributed by atoms with van der Waals surface area (Å²) < 4.78 is 0. The molecule has 0 heterocycles. The van der Waals surface area contributed by atoms with E-state index in [4.69, 9.17) is 11.6 Å². The van der Waals surface area contributed by atoms with Crippen molar-refractivity contribution in [2.75, 3.05) is 19.3 Å². The minimum atomic E-state index is -0.496. The van der Waals surface area contributed by atoms with Gasteiger partial charge in [-0.1, -0.05) is 11.6 Å². The van der Waals surface area contributed by atoms with Crippen molar-refractivity contribution in [1.82, 2.24) is 4.90 Å². The zero-order valence-corrected chi connectivity index (χ0v) is 11.5. The number of hydrogen-bond acceptors (Lipinski definition) is 3. The van der Waals surface area contributed by atoms with E-state index in [1.165, 1.54) is 16.7 Å². The monoisotopic (exact) mass is 273 g/mol. The lowest BCUT2D eigenvalue weighted by atomic mass is 10.4. The van der Waals surface area contributed by atoms with Crippen molar-refractivity contribution in [2.24, 2.45) is 0 Å². The van der Waals surface area contributed by atoms with E-state index in [9.17, 15) is 9.90 Å². The van der Waals surface area contributed by atoms with Gasteiger partial charge in [0.15, 0.2) is 0 Å². The molecule has 0 fully saturated rings. The van der Waals surface area contributed by atoms with Gasteiger partial charge in [-0.15, -0.1) is 11.8 Å². The molecule has 0 bridgehead atoms. The summed E-state index contributed by atoms with van der Waals surface area (Å²) in [7, 11) is 1.69. The standard InChI is InChI=1S/C12H16ClNO2S/c1-9(15)7-14(2)12(16)8-17-11-5-3-10(13)4-6-11/h3-6,9,15H,7-8H2,1-2H3. The first-order valence-electron chi connectivity index (χ1n) is 5.29. The Kier molecular flexibility index (Phi) is 5.82. The largest absolute Gasteiger partial charge is 0.392 e. The van der Waals surface area contributed by atoms with Crippen LogP contribution >= 0.6 is 23.4 Å². The molecule has 1 aromatic carbocycles. The average Bonchev–Trinajstić information content (AvgIpc) is 2.27. The van der Waals surface area contributed by atoms with Gasteiger partial charge in [0.25, 0.3) is 0 Å². The minimum Gasteiger partial charge on any atom is -0.392 e. The van der Waals surface area contributed by atoms with Gasteiger partial charge in [0.2, 0.25) is 5.91 Å². The van der Waals surface area contributed by atoms with Gasteiger partial charge >= 0.3 is 0 Å². The molecule has 1 rings (SSSR count). The number of likely N-dealkylation sites (N-methyl/N-ethyl adjacent to an activating group) is 1. The summed E-state index contributed by atoms with van der Waals surface area (Å²) in [6.07, 6.45) is -0.496. The Morgan fingerprint density at radius 3 is 2.59 bits per heavy atom. The van der Waals surface area contributed by atoms with E-state index in [0.717, 1.165) is 4.90 Å².